The van der Waals surface area contributed by atoms with E-state index in [9.17, 15) is 0 Å². The first kappa shape index (κ1) is 10.3. The number of benzene rings is 1. The molecule has 0 radical (unpaired) electrons. The van der Waals surface area contributed by atoms with Crippen LogP contribution in [0.15, 0.2) is 24.3 Å². The van der Waals surface area contributed by atoms with Gasteiger partial charge in [-0.1, -0.05) is 0 Å². The number of nitrogen functional groups attached to an aromatic ring is 1. The number of nitrogens with two attached hydrogens (primary N) is 1. The Morgan fingerprint density at radius 2 is 2.13 bits per heavy atom. The van der Waals surface area contributed by atoms with Crippen molar-refractivity contribution in [2.45, 2.75) is 18.9 Å². The predicted octanol–water partition coefficient (Wildman–Crippen LogP) is 1.74. The second kappa shape index (κ2) is 4.53. The molecule has 0 aliphatic carbocycles. The van der Waals surface area contributed by atoms with Crippen molar-refractivity contribution in [2.75, 3.05) is 25.9 Å². The fourth-order valence-corrected chi connectivity index (χ4v) is 1.95. The van der Waals surface area contributed by atoms with Gasteiger partial charge in [0.15, 0.2) is 0 Å². The lowest BCUT2D eigenvalue weighted by Crippen LogP contribution is -2.30. The van der Waals surface area contributed by atoms with Gasteiger partial charge in [0.05, 0.1) is 0 Å². The van der Waals surface area contributed by atoms with Gasteiger partial charge in [0.2, 0.25) is 0 Å². The molecule has 1 saturated heterocycles. The standard InChI is InChI=1S/C12H18N2O/c1-14-8-2-3-11(14)9-15-12-6-4-10(13)5-7-12/h4-7,11H,2-3,8-9,13H2,1H3/t11-/m1/s1. The molecule has 0 bridgehead atoms. The zero-order chi connectivity index (χ0) is 10.7. The molecule has 2 rings (SSSR count). The molecule has 1 aromatic carbocycles. The van der Waals surface area contributed by atoms with Gasteiger partial charge in [0, 0.05) is 11.7 Å². The molecule has 1 heterocycles. The fraction of sp³-hybridized carbons (Fsp3) is 0.500. The van der Waals surface area contributed by atoms with Gasteiger partial charge in [-0.05, 0) is 50.7 Å². The minimum absolute atomic E-state index is 0.572. The van der Waals surface area contributed by atoms with Gasteiger partial charge in [-0.15, -0.1) is 0 Å². The zero-order valence-corrected chi connectivity index (χ0v) is 9.15. The minimum atomic E-state index is 0.572. The summed E-state index contributed by atoms with van der Waals surface area (Å²) in [6, 6.07) is 8.15. The van der Waals surface area contributed by atoms with Gasteiger partial charge in [-0.25, -0.2) is 0 Å². The van der Waals surface area contributed by atoms with E-state index < -0.39 is 0 Å². The van der Waals surface area contributed by atoms with E-state index in [1.54, 1.807) is 0 Å². The van der Waals surface area contributed by atoms with Gasteiger partial charge in [0.25, 0.3) is 0 Å². The number of hydrogen-bond acceptors (Lipinski definition) is 3. The first-order chi connectivity index (χ1) is 7.25. The molecule has 15 heavy (non-hydrogen) atoms. The van der Waals surface area contributed by atoms with E-state index in [-0.39, 0.29) is 0 Å². The molecule has 82 valence electrons. The molecule has 0 saturated carbocycles. The summed E-state index contributed by atoms with van der Waals surface area (Å²) in [4.78, 5) is 2.36. The maximum atomic E-state index is 5.72. The number of nitrogens with zero attached hydrogens (tertiary/aromatic N) is 1. The lowest BCUT2D eigenvalue weighted by Gasteiger charge is -2.19. The lowest BCUT2D eigenvalue weighted by molar-refractivity contribution is 0.198. The van der Waals surface area contributed by atoms with E-state index in [1.165, 1.54) is 19.4 Å². The van der Waals surface area contributed by atoms with Crippen LogP contribution in [0.4, 0.5) is 5.69 Å². The number of rotatable bonds is 3. The minimum Gasteiger partial charge on any atom is -0.492 e. The smallest absolute Gasteiger partial charge is 0.119 e. The molecular formula is C12H18N2O. The van der Waals surface area contributed by atoms with Crippen molar-refractivity contribution in [1.82, 2.24) is 4.90 Å². The topological polar surface area (TPSA) is 38.5 Å². The van der Waals surface area contributed by atoms with Crippen LogP contribution in [0.25, 0.3) is 0 Å². The van der Waals surface area contributed by atoms with Crippen molar-refractivity contribution >= 4 is 5.69 Å². The van der Waals surface area contributed by atoms with Crippen molar-refractivity contribution in [3.63, 3.8) is 0 Å². The molecule has 1 atom stereocenters. The SMILES string of the molecule is CN1CCC[C@@H]1COc1ccc(N)cc1. The van der Waals surface area contributed by atoms with Crippen LogP contribution in [0, 0.1) is 0 Å². The Hall–Kier alpha value is -1.22. The van der Waals surface area contributed by atoms with Crippen molar-refractivity contribution in [2.24, 2.45) is 0 Å². The Morgan fingerprint density at radius 3 is 2.73 bits per heavy atom. The maximum absolute atomic E-state index is 5.72. The van der Waals surface area contributed by atoms with Crippen LogP contribution < -0.4 is 10.5 Å². The third-order valence-electron chi connectivity index (χ3n) is 2.99. The molecule has 3 nitrogen and oxygen atoms in total. The number of likely N-dealkylation sites (N-methyl/N-ethyl adjacent to an activating group) is 1. The highest BCUT2D eigenvalue weighted by atomic mass is 16.5. The van der Waals surface area contributed by atoms with E-state index in [4.69, 9.17) is 10.5 Å². The fourth-order valence-electron chi connectivity index (χ4n) is 1.95. The van der Waals surface area contributed by atoms with E-state index >= 15 is 0 Å². The predicted molar refractivity (Wildman–Crippen MR) is 62.0 cm³/mol. The van der Waals surface area contributed by atoms with Crippen LogP contribution in [0.3, 0.4) is 0 Å². The molecule has 1 fully saturated rings. The van der Waals surface area contributed by atoms with Gasteiger partial charge in [0.1, 0.15) is 12.4 Å². The monoisotopic (exact) mass is 206 g/mol. The molecule has 2 N–H and O–H groups in total. The van der Waals surface area contributed by atoms with Crippen LogP contribution >= 0.6 is 0 Å². The van der Waals surface area contributed by atoms with Gasteiger partial charge in [-0.2, -0.15) is 0 Å². The second-order valence-electron chi connectivity index (χ2n) is 4.16. The highest BCUT2D eigenvalue weighted by Crippen LogP contribution is 2.18. The summed E-state index contributed by atoms with van der Waals surface area (Å²) in [7, 11) is 2.16. The summed E-state index contributed by atoms with van der Waals surface area (Å²) in [5.41, 5.74) is 6.38. The van der Waals surface area contributed by atoms with Crippen LogP contribution in [0.2, 0.25) is 0 Å². The summed E-state index contributed by atoms with van der Waals surface area (Å²) in [6.07, 6.45) is 2.53. The van der Waals surface area contributed by atoms with Crippen LogP contribution in [0.5, 0.6) is 5.75 Å². The van der Waals surface area contributed by atoms with Crippen molar-refractivity contribution < 1.29 is 4.74 Å². The summed E-state index contributed by atoms with van der Waals surface area (Å²) in [6.45, 7) is 1.97. The Labute approximate surface area is 90.8 Å². The summed E-state index contributed by atoms with van der Waals surface area (Å²) >= 11 is 0. The van der Waals surface area contributed by atoms with E-state index in [2.05, 4.69) is 11.9 Å². The number of ether oxygens (including phenoxy) is 1. The third-order valence-corrected chi connectivity index (χ3v) is 2.99. The number of likely N-dealkylation sites (tertiary alicyclic amines) is 1. The Kier molecular flexibility index (Phi) is 3.11. The molecule has 0 aromatic heterocycles. The van der Waals surface area contributed by atoms with E-state index in [0.29, 0.717) is 6.04 Å². The van der Waals surface area contributed by atoms with E-state index in [0.717, 1.165) is 18.0 Å². The molecule has 1 aromatic rings. The largest absolute Gasteiger partial charge is 0.492 e. The number of anilines is 1. The van der Waals surface area contributed by atoms with Crippen molar-refractivity contribution in [3.05, 3.63) is 24.3 Å². The molecular weight excluding hydrogens is 188 g/mol. The number of hydrogen-bond donors (Lipinski definition) is 1. The third kappa shape index (κ3) is 2.63. The zero-order valence-electron chi connectivity index (χ0n) is 9.15. The van der Waals surface area contributed by atoms with Crippen LogP contribution in [0.1, 0.15) is 12.8 Å². The van der Waals surface area contributed by atoms with Gasteiger partial charge >= 0.3 is 0 Å². The highest BCUT2D eigenvalue weighted by molar-refractivity contribution is 5.41. The first-order valence-corrected chi connectivity index (χ1v) is 5.44. The molecule has 0 spiro atoms. The highest BCUT2D eigenvalue weighted by Gasteiger charge is 2.20. The van der Waals surface area contributed by atoms with E-state index in [1.807, 2.05) is 24.3 Å². The van der Waals surface area contributed by atoms with Crippen LogP contribution in [-0.4, -0.2) is 31.1 Å². The second-order valence-corrected chi connectivity index (χ2v) is 4.16. The molecule has 1 aliphatic heterocycles. The quantitative estimate of drug-likeness (QED) is 0.766. The Bertz CT molecular complexity index is 310. The first-order valence-electron chi connectivity index (χ1n) is 5.44. The summed E-state index contributed by atoms with van der Waals surface area (Å²) < 4.78 is 5.72. The Balaban J connectivity index is 1.85. The van der Waals surface area contributed by atoms with Crippen molar-refractivity contribution in [3.8, 4) is 5.75 Å². The van der Waals surface area contributed by atoms with Gasteiger partial charge in [-0.3, -0.25) is 0 Å². The molecule has 0 unspecified atom stereocenters. The maximum Gasteiger partial charge on any atom is 0.119 e. The normalized spacial score (nSPS) is 21.8. The lowest BCUT2D eigenvalue weighted by atomic mass is 10.2. The average Bonchev–Trinajstić information content (AvgIpc) is 2.63. The average molecular weight is 206 g/mol. The van der Waals surface area contributed by atoms with Crippen molar-refractivity contribution in [1.29, 1.82) is 0 Å². The summed E-state index contributed by atoms with van der Waals surface area (Å²) in [5.74, 6) is 0.907. The molecule has 0 amide bonds. The van der Waals surface area contributed by atoms with Crippen LogP contribution in [-0.2, 0) is 0 Å². The van der Waals surface area contributed by atoms with Gasteiger partial charge < -0.3 is 15.4 Å². The summed E-state index contributed by atoms with van der Waals surface area (Å²) in [5, 5.41) is 0. The Morgan fingerprint density at radius 1 is 1.40 bits per heavy atom. The molecule has 3 heteroatoms. The molecule has 1 aliphatic rings.